The minimum atomic E-state index is -4.60. The normalized spacial score (nSPS) is 12.2. The lowest BCUT2D eigenvalue weighted by atomic mass is 10.1. The van der Waals surface area contributed by atoms with Crippen LogP contribution in [0.1, 0.15) is 10.4 Å². The van der Waals surface area contributed by atoms with Gasteiger partial charge >= 0.3 is 0 Å². The van der Waals surface area contributed by atoms with Gasteiger partial charge in [-0.25, -0.2) is 0 Å². The van der Waals surface area contributed by atoms with Crippen molar-refractivity contribution in [3.8, 4) is 5.75 Å². The molecule has 0 saturated heterocycles. The molecule has 0 aromatic heterocycles. The fourth-order valence-electron chi connectivity index (χ4n) is 4.06. The first-order valence-corrected chi connectivity index (χ1v) is 14.3. The SMILES string of the molecule is O=C(Nc1ccc2cc(S(=O)(=O)O)ccc2c1)c1ccc(N=Nc2cc(S(=O)(=O)O)c3ccccc3c2O)cc1. The van der Waals surface area contributed by atoms with E-state index in [1.165, 1.54) is 54.6 Å². The number of benzene rings is 5. The van der Waals surface area contributed by atoms with E-state index in [1.807, 2.05) is 0 Å². The number of phenols is 1. The Hall–Kier alpha value is -4.69. The number of nitrogens with zero attached hydrogens (tertiary/aromatic N) is 2. The maximum absolute atomic E-state index is 12.7. The fraction of sp³-hybridized carbons (Fsp3) is 0. The predicted molar refractivity (Wildman–Crippen MR) is 148 cm³/mol. The van der Waals surface area contributed by atoms with Gasteiger partial charge in [-0.15, -0.1) is 5.11 Å². The quantitative estimate of drug-likeness (QED) is 0.143. The van der Waals surface area contributed by atoms with Crippen molar-refractivity contribution in [2.45, 2.75) is 9.79 Å². The highest BCUT2D eigenvalue weighted by Crippen LogP contribution is 2.39. The van der Waals surface area contributed by atoms with Crippen molar-refractivity contribution in [2.75, 3.05) is 5.32 Å². The lowest BCUT2D eigenvalue weighted by molar-refractivity contribution is 0.102. The molecular formula is C27H19N3O8S2. The summed E-state index contributed by atoms with van der Waals surface area (Å²) in [4.78, 5) is 12.1. The third kappa shape index (κ3) is 5.53. The number of rotatable bonds is 6. The van der Waals surface area contributed by atoms with Gasteiger partial charge in [0.2, 0.25) is 0 Å². The first-order chi connectivity index (χ1) is 18.9. The molecule has 0 saturated carbocycles. The average Bonchev–Trinajstić information content (AvgIpc) is 2.91. The molecule has 0 aliphatic carbocycles. The number of hydrogen-bond acceptors (Lipinski definition) is 8. The van der Waals surface area contributed by atoms with Crippen LogP contribution in [0.2, 0.25) is 0 Å². The molecule has 13 heteroatoms. The summed E-state index contributed by atoms with van der Waals surface area (Å²) in [5, 5.41) is 22.8. The smallest absolute Gasteiger partial charge is 0.295 e. The number of carbonyl (C=O) groups is 1. The van der Waals surface area contributed by atoms with Crippen LogP contribution >= 0.6 is 0 Å². The Balaban J connectivity index is 1.35. The van der Waals surface area contributed by atoms with Crippen LogP contribution in [-0.4, -0.2) is 37.0 Å². The number of anilines is 1. The monoisotopic (exact) mass is 577 g/mol. The topological polar surface area (TPSA) is 183 Å². The number of carbonyl (C=O) groups excluding carboxylic acids is 1. The maximum atomic E-state index is 12.7. The van der Waals surface area contributed by atoms with Gasteiger partial charge in [-0.3, -0.25) is 13.9 Å². The summed E-state index contributed by atoms with van der Waals surface area (Å²) in [5.74, 6) is -0.741. The van der Waals surface area contributed by atoms with Crippen LogP contribution in [0, 0.1) is 0 Å². The van der Waals surface area contributed by atoms with Crippen molar-refractivity contribution in [3.63, 3.8) is 0 Å². The largest absolute Gasteiger partial charge is 0.505 e. The fourth-order valence-corrected chi connectivity index (χ4v) is 5.29. The molecule has 40 heavy (non-hydrogen) atoms. The lowest BCUT2D eigenvalue weighted by Gasteiger charge is -2.08. The van der Waals surface area contributed by atoms with Crippen LogP contribution in [0.4, 0.5) is 17.1 Å². The van der Waals surface area contributed by atoms with Crippen LogP contribution in [0.25, 0.3) is 21.5 Å². The van der Waals surface area contributed by atoms with E-state index >= 15 is 0 Å². The van der Waals surface area contributed by atoms with Crippen LogP contribution in [0.15, 0.2) is 111 Å². The van der Waals surface area contributed by atoms with Gasteiger partial charge in [-0.1, -0.05) is 36.4 Å². The Morgan fingerprint density at radius 2 is 1.35 bits per heavy atom. The van der Waals surface area contributed by atoms with Gasteiger partial charge in [-0.05, 0) is 65.4 Å². The molecular weight excluding hydrogens is 558 g/mol. The third-order valence-corrected chi connectivity index (χ3v) is 7.75. The van der Waals surface area contributed by atoms with Gasteiger partial charge in [0.15, 0.2) is 5.75 Å². The van der Waals surface area contributed by atoms with E-state index in [0.717, 1.165) is 6.07 Å². The number of amides is 1. The highest BCUT2D eigenvalue weighted by molar-refractivity contribution is 7.86. The molecule has 202 valence electrons. The molecule has 0 aliphatic rings. The molecule has 0 heterocycles. The summed E-state index contributed by atoms with van der Waals surface area (Å²) >= 11 is 0. The van der Waals surface area contributed by atoms with E-state index in [1.54, 1.807) is 30.3 Å². The zero-order valence-electron chi connectivity index (χ0n) is 20.3. The molecule has 0 aliphatic heterocycles. The standard InChI is InChI=1S/C27H19N3O8S2/c31-26-23-4-2-1-3-22(23)25(40(36,37)38)15-24(26)30-29-19-9-5-16(6-10-19)27(32)28-20-11-7-18-14-21(39(33,34)35)12-8-17(18)13-20/h1-15,31H,(H,28,32)(H,33,34,35)(H,36,37,38). The van der Waals surface area contributed by atoms with E-state index in [4.69, 9.17) is 0 Å². The van der Waals surface area contributed by atoms with Gasteiger partial charge in [-0.2, -0.15) is 21.9 Å². The minimum Gasteiger partial charge on any atom is -0.505 e. The second kappa shape index (κ2) is 10.1. The summed E-state index contributed by atoms with van der Waals surface area (Å²) in [7, 11) is -8.94. The zero-order valence-corrected chi connectivity index (χ0v) is 21.9. The number of phenolic OH excluding ortho intramolecular Hbond substituents is 1. The third-order valence-electron chi connectivity index (χ3n) is 6.01. The van der Waals surface area contributed by atoms with Gasteiger partial charge < -0.3 is 10.4 Å². The molecule has 0 unspecified atom stereocenters. The average molecular weight is 578 g/mol. The summed E-state index contributed by atoms with van der Waals surface area (Å²) < 4.78 is 65.2. The number of aromatic hydroxyl groups is 1. The highest BCUT2D eigenvalue weighted by Gasteiger charge is 2.19. The summed E-state index contributed by atoms with van der Waals surface area (Å²) in [6, 6.07) is 22.0. The molecule has 5 rings (SSSR count). The first kappa shape index (κ1) is 26.9. The predicted octanol–water partition coefficient (Wildman–Crippen LogP) is 5.86. The second-order valence-electron chi connectivity index (χ2n) is 8.66. The highest BCUT2D eigenvalue weighted by atomic mass is 32.2. The molecule has 1 amide bonds. The number of nitrogens with one attached hydrogen (secondary N) is 1. The molecule has 0 atom stereocenters. The second-order valence-corrected chi connectivity index (χ2v) is 11.5. The summed E-state index contributed by atoms with van der Waals surface area (Å²) in [6.07, 6.45) is 0. The van der Waals surface area contributed by atoms with Crippen LogP contribution < -0.4 is 5.32 Å². The van der Waals surface area contributed by atoms with E-state index in [0.29, 0.717) is 27.7 Å². The first-order valence-electron chi connectivity index (χ1n) is 11.5. The van der Waals surface area contributed by atoms with Crippen molar-refractivity contribution >= 4 is 64.8 Å². The maximum Gasteiger partial charge on any atom is 0.295 e. The molecule has 0 fully saturated rings. The van der Waals surface area contributed by atoms with Crippen LogP contribution in [-0.2, 0) is 20.2 Å². The molecule has 11 nitrogen and oxygen atoms in total. The van der Waals surface area contributed by atoms with Gasteiger partial charge in [0.25, 0.3) is 26.1 Å². The Morgan fingerprint density at radius 1 is 0.700 bits per heavy atom. The van der Waals surface area contributed by atoms with Crippen molar-refractivity contribution in [3.05, 3.63) is 96.6 Å². The molecule has 4 N–H and O–H groups in total. The van der Waals surface area contributed by atoms with Crippen molar-refractivity contribution in [1.82, 2.24) is 0 Å². The van der Waals surface area contributed by atoms with Crippen LogP contribution in [0.3, 0.4) is 0 Å². The van der Waals surface area contributed by atoms with E-state index in [-0.39, 0.29) is 27.1 Å². The van der Waals surface area contributed by atoms with E-state index in [2.05, 4.69) is 15.5 Å². The van der Waals surface area contributed by atoms with Crippen molar-refractivity contribution in [1.29, 1.82) is 0 Å². The van der Waals surface area contributed by atoms with Gasteiger partial charge in [0.1, 0.15) is 10.6 Å². The molecule has 0 radical (unpaired) electrons. The number of fused-ring (bicyclic) bond motifs is 2. The molecule has 0 bridgehead atoms. The molecule has 5 aromatic rings. The van der Waals surface area contributed by atoms with Crippen LogP contribution in [0.5, 0.6) is 5.75 Å². The summed E-state index contributed by atoms with van der Waals surface area (Å²) in [6.45, 7) is 0. The van der Waals surface area contributed by atoms with Gasteiger partial charge in [0, 0.05) is 22.0 Å². The van der Waals surface area contributed by atoms with E-state index < -0.39 is 31.0 Å². The number of hydrogen-bond donors (Lipinski definition) is 4. The van der Waals surface area contributed by atoms with Gasteiger partial charge in [0.05, 0.1) is 10.6 Å². The molecule has 0 spiro atoms. The Labute approximate surface area is 227 Å². The Kier molecular flexibility index (Phi) is 6.81. The van der Waals surface area contributed by atoms with E-state index in [9.17, 15) is 35.8 Å². The number of azo groups is 1. The molecule has 5 aromatic carbocycles. The minimum absolute atomic E-state index is 0.131. The zero-order chi connectivity index (χ0) is 28.7. The lowest BCUT2D eigenvalue weighted by Crippen LogP contribution is -2.11. The van der Waals surface area contributed by atoms with Crippen molar-refractivity contribution < 1.29 is 35.8 Å². The van der Waals surface area contributed by atoms with Crippen molar-refractivity contribution in [2.24, 2.45) is 10.2 Å². The summed E-state index contributed by atoms with van der Waals surface area (Å²) in [5.41, 5.74) is 0.885. The Morgan fingerprint density at radius 3 is 2.02 bits per heavy atom. The Bertz CT molecular complexity index is 2060.